The Morgan fingerprint density at radius 2 is 1.78 bits per heavy atom. The second-order valence-electron chi connectivity index (χ2n) is 5.16. The van der Waals surface area contributed by atoms with Crippen molar-refractivity contribution < 1.29 is 17.6 Å². The van der Waals surface area contributed by atoms with E-state index < -0.39 is 27.6 Å². The van der Waals surface area contributed by atoms with E-state index in [9.17, 15) is 17.6 Å². The minimum atomic E-state index is -3.27. The fraction of sp³-hybridized carbons (Fsp3) is 0.188. The molecule has 2 aromatic carbocycles. The molecule has 2 aromatic rings. The molecule has 0 aliphatic rings. The number of sulfone groups is 1. The molecule has 23 heavy (non-hydrogen) atoms. The van der Waals surface area contributed by atoms with E-state index in [-0.39, 0.29) is 15.5 Å². The lowest BCUT2D eigenvalue weighted by Crippen LogP contribution is -2.27. The monoisotopic (exact) mass is 355 g/mol. The minimum Gasteiger partial charge on any atom is -0.345 e. The van der Waals surface area contributed by atoms with Crippen molar-refractivity contribution >= 4 is 27.3 Å². The van der Waals surface area contributed by atoms with Crippen LogP contribution in [0.2, 0.25) is 5.02 Å². The standard InChI is InChI=1S/C16H15ClFNO3S/c1-10(11-3-6-13(7-4-11)23(2,21)22)19-16(20)14-9-12(17)5-8-15(14)18/h3-10H,1-2H3,(H,19,20)/t10-/m0/s1. The van der Waals surface area contributed by atoms with Crippen molar-refractivity contribution in [2.75, 3.05) is 6.26 Å². The smallest absolute Gasteiger partial charge is 0.254 e. The maximum atomic E-state index is 13.7. The summed E-state index contributed by atoms with van der Waals surface area (Å²) < 4.78 is 36.5. The molecular weight excluding hydrogens is 341 g/mol. The molecule has 0 heterocycles. The van der Waals surface area contributed by atoms with Gasteiger partial charge in [-0.1, -0.05) is 23.7 Å². The maximum Gasteiger partial charge on any atom is 0.254 e. The molecule has 0 saturated carbocycles. The second kappa shape index (κ2) is 6.68. The number of amides is 1. The van der Waals surface area contributed by atoms with Crippen molar-refractivity contribution in [1.82, 2.24) is 5.32 Å². The van der Waals surface area contributed by atoms with Crippen molar-refractivity contribution in [2.45, 2.75) is 17.9 Å². The van der Waals surface area contributed by atoms with E-state index in [1.807, 2.05) is 0 Å². The van der Waals surface area contributed by atoms with Crippen LogP contribution in [-0.2, 0) is 9.84 Å². The normalized spacial score (nSPS) is 12.7. The summed E-state index contributed by atoms with van der Waals surface area (Å²) in [6.07, 6.45) is 1.12. The average Bonchev–Trinajstić information content (AvgIpc) is 2.48. The van der Waals surface area contributed by atoms with Gasteiger partial charge in [-0.15, -0.1) is 0 Å². The molecule has 0 bridgehead atoms. The van der Waals surface area contributed by atoms with Crippen LogP contribution in [0, 0.1) is 5.82 Å². The fourth-order valence-corrected chi connectivity index (χ4v) is 2.84. The van der Waals surface area contributed by atoms with Gasteiger partial charge in [-0.3, -0.25) is 4.79 Å². The summed E-state index contributed by atoms with van der Waals surface area (Å²) in [7, 11) is -3.27. The summed E-state index contributed by atoms with van der Waals surface area (Å²) in [5, 5.41) is 2.92. The molecule has 1 amide bonds. The summed E-state index contributed by atoms with van der Waals surface area (Å²) in [6, 6.07) is 9.47. The summed E-state index contributed by atoms with van der Waals surface area (Å²) >= 11 is 5.77. The van der Waals surface area contributed by atoms with Gasteiger partial charge >= 0.3 is 0 Å². The van der Waals surface area contributed by atoms with Gasteiger partial charge in [0.15, 0.2) is 9.84 Å². The number of hydrogen-bond acceptors (Lipinski definition) is 3. The van der Waals surface area contributed by atoms with Gasteiger partial charge in [-0.2, -0.15) is 0 Å². The van der Waals surface area contributed by atoms with E-state index in [1.54, 1.807) is 19.1 Å². The number of carbonyl (C=O) groups is 1. The van der Waals surface area contributed by atoms with Gasteiger partial charge in [0, 0.05) is 11.3 Å². The Balaban J connectivity index is 2.17. The van der Waals surface area contributed by atoms with Crippen molar-refractivity contribution in [3.8, 4) is 0 Å². The summed E-state index contributed by atoms with van der Waals surface area (Å²) in [4.78, 5) is 12.3. The predicted molar refractivity (Wildman–Crippen MR) is 86.8 cm³/mol. The number of carbonyl (C=O) groups excluding carboxylic acids is 1. The van der Waals surface area contributed by atoms with E-state index in [0.29, 0.717) is 5.56 Å². The highest BCUT2D eigenvalue weighted by Crippen LogP contribution is 2.19. The van der Waals surface area contributed by atoms with Gasteiger partial charge < -0.3 is 5.32 Å². The number of hydrogen-bond donors (Lipinski definition) is 1. The SMILES string of the molecule is C[C@H](NC(=O)c1cc(Cl)ccc1F)c1ccc(S(C)(=O)=O)cc1. The zero-order valence-electron chi connectivity index (χ0n) is 12.5. The molecule has 1 N–H and O–H groups in total. The molecule has 1 atom stereocenters. The van der Waals surface area contributed by atoms with E-state index >= 15 is 0 Å². The first-order valence-electron chi connectivity index (χ1n) is 6.74. The molecule has 4 nitrogen and oxygen atoms in total. The third-order valence-corrected chi connectivity index (χ3v) is 4.69. The molecule has 0 aliphatic heterocycles. The first-order chi connectivity index (χ1) is 10.7. The van der Waals surface area contributed by atoms with Gasteiger partial charge in [-0.05, 0) is 42.8 Å². The lowest BCUT2D eigenvalue weighted by Gasteiger charge is -2.15. The Morgan fingerprint density at radius 3 is 2.35 bits per heavy atom. The van der Waals surface area contributed by atoms with Crippen LogP contribution in [0.15, 0.2) is 47.4 Å². The van der Waals surface area contributed by atoms with Crippen LogP contribution >= 0.6 is 11.6 Å². The average molecular weight is 356 g/mol. The first-order valence-corrected chi connectivity index (χ1v) is 9.01. The van der Waals surface area contributed by atoms with Crippen molar-refractivity contribution in [2.24, 2.45) is 0 Å². The third-order valence-electron chi connectivity index (χ3n) is 3.33. The quantitative estimate of drug-likeness (QED) is 0.914. The van der Waals surface area contributed by atoms with Crippen molar-refractivity contribution in [1.29, 1.82) is 0 Å². The molecule has 0 saturated heterocycles. The van der Waals surface area contributed by atoms with Gasteiger partial charge in [0.1, 0.15) is 5.82 Å². The molecule has 2 rings (SSSR count). The lowest BCUT2D eigenvalue weighted by molar-refractivity contribution is 0.0936. The zero-order chi connectivity index (χ0) is 17.2. The summed E-state index contributed by atoms with van der Waals surface area (Å²) in [5.74, 6) is -1.25. The topological polar surface area (TPSA) is 63.2 Å². The molecule has 0 spiro atoms. The van der Waals surface area contributed by atoms with Gasteiger partial charge in [0.05, 0.1) is 16.5 Å². The number of halogens is 2. The van der Waals surface area contributed by atoms with Crippen LogP contribution in [0.5, 0.6) is 0 Å². The van der Waals surface area contributed by atoms with E-state index in [4.69, 9.17) is 11.6 Å². The minimum absolute atomic E-state index is 0.142. The lowest BCUT2D eigenvalue weighted by atomic mass is 10.1. The van der Waals surface area contributed by atoms with Crippen LogP contribution in [0.3, 0.4) is 0 Å². The summed E-state index contributed by atoms with van der Waals surface area (Å²) in [5.41, 5.74) is 0.560. The fourth-order valence-electron chi connectivity index (χ4n) is 2.03. The second-order valence-corrected chi connectivity index (χ2v) is 7.61. The number of benzene rings is 2. The Bertz CT molecular complexity index is 835. The first kappa shape index (κ1) is 17.4. The number of nitrogens with one attached hydrogen (secondary N) is 1. The molecule has 0 aromatic heterocycles. The Morgan fingerprint density at radius 1 is 1.17 bits per heavy atom. The predicted octanol–water partition coefficient (Wildman–Crippen LogP) is 3.37. The molecule has 7 heteroatoms. The van der Waals surface area contributed by atoms with Crippen LogP contribution < -0.4 is 5.32 Å². The molecule has 0 unspecified atom stereocenters. The van der Waals surface area contributed by atoms with E-state index in [1.165, 1.54) is 24.3 Å². The molecule has 0 radical (unpaired) electrons. The van der Waals surface area contributed by atoms with Gasteiger partial charge in [0.2, 0.25) is 0 Å². The van der Waals surface area contributed by atoms with Crippen LogP contribution in [-0.4, -0.2) is 20.6 Å². The molecule has 0 fully saturated rings. The Kier molecular flexibility index (Phi) is 5.06. The zero-order valence-corrected chi connectivity index (χ0v) is 14.1. The molecule has 0 aliphatic carbocycles. The van der Waals surface area contributed by atoms with E-state index in [0.717, 1.165) is 12.3 Å². The largest absolute Gasteiger partial charge is 0.345 e. The number of rotatable bonds is 4. The van der Waals surface area contributed by atoms with Gasteiger partial charge in [-0.25, -0.2) is 12.8 Å². The Labute approximate surface area is 139 Å². The third kappa shape index (κ3) is 4.30. The molecular formula is C16H15ClFNO3S. The summed E-state index contributed by atoms with van der Waals surface area (Å²) in [6.45, 7) is 1.72. The highest BCUT2D eigenvalue weighted by Gasteiger charge is 2.16. The van der Waals surface area contributed by atoms with Crippen molar-refractivity contribution in [3.63, 3.8) is 0 Å². The maximum absolute atomic E-state index is 13.7. The highest BCUT2D eigenvalue weighted by molar-refractivity contribution is 7.90. The van der Waals surface area contributed by atoms with Crippen LogP contribution in [0.25, 0.3) is 0 Å². The highest BCUT2D eigenvalue weighted by atomic mass is 35.5. The van der Waals surface area contributed by atoms with Crippen LogP contribution in [0.4, 0.5) is 4.39 Å². The van der Waals surface area contributed by atoms with Gasteiger partial charge in [0.25, 0.3) is 5.91 Å². The van der Waals surface area contributed by atoms with Crippen molar-refractivity contribution in [3.05, 3.63) is 64.4 Å². The Hall–Kier alpha value is -1.92. The van der Waals surface area contributed by atoms with E-state index in [2.05, 4.69) is 5.32 Å². The van der Waals surface area contributed by atoms with Crippen LogP contribution in [0.1, 0.15) is 28.9 Å². The molecule has 122 valence electrons.